The van der Waals surface area contributed by atoms with Crippen LogP contribution in [0.25, 0.3) is 5.69 Å². The summed E-state index contributed by atoms with van der Waals surface area (Å²) in [4.78, 5) is 4.73. The molecule has 6 nitrogen and oxygen atoms in total. The molecular weight excluding hydrogens is 453 g/mol. The van der Waals surface area contributed by atoms with E-state index >= 15 is 0 Å². The number of benzene rings is 1. The van der Waals surface area contributed by atoms with Gasteiger partial charge in [0, 0.05) is 37.6 Å². The van der Waals surface area contributed by atoms with Crippen molar-refractivity contribution in [1.29, 1.82) is 0 Å². The highest BCUT2D eigenvalue weighted by atomic mass is 127. The number of para-hydroxylation sites is 1. The standard InChI is InChI=1S/C20H31N5O.HI/c1-5-21-20(22-13-10-14-26-6-2)23-15-19-16(3)24-25(17(19)4)18-11-8-7-9-12-18;/h7-9,11-12H,5-6,10,13-15H2,1-4H3,(H2,21,22,23);1H. The zero-order valence-corrected chi connectivity index (χ0v) is 19.1. The van der Waals surface area contributed by atoms with Crippen molar-refractivity contribution in [2.75, 3.05) is 26.3 Å². The van der Waals surface area contributed by atoms with Gasteiger partial charge in [-0.05, 0) is 46.2 Å². The fourth-order valence-corrected chi connectivity index (χ4v) is 2.75. The van der Waals surface area contributed by atoms with Crippen molar-refractivity contribution < 1.29 is 4.74 Å². The molecule has 27 heavy (non-hydrogen) atoms. The van der Waals surface area contributed by atoms with Crippen molar-refractivity contribution in [2.24, 2.45) is 4.99 Å². The van der Waals surface area contributed by atoms with E-state index in [1.54, 1.807) is 0 Å². The summed E-state index contributed by atoms with van der Waals surface area (Å²) in [5, 5.41) is 11.3. The monoisotopic (exact) mass is 485 g/mol. The summed E-state index contributed by atoms with van der Waals surface area (Å²) in [7, 11) is 0. The Morgan fingerprint density at radius 2 is 1.89 bits per heavy atom. The van der Waals surface area contributed by atoms with Crippen molar-refractivity contribution in [1.82, 2.24) is 20.4 Å². The fourth-order valence-electron chi connectivity index (χ4n) is 2.75. The van der Waals surface area contributed by atoms with E-state index in [1.165, 1.54) is 5.56 Å². The van der Waals surface area contributed by atoms with Gasteiger partial charge in [-0.2, -0.15) is 5.10 Å². The maximum absolute atomic E-state index is 5.37. The lowest BCUT2D eigenvalue weighted by Gasteiger charge is -2.11. The quantitative estimate of drug-likeness (QED) is 0.247. The average molecular weight is 485 g/mol. The summed E-state index contributed by atoms with van der Waals surface area (Å²) < 4.78 is 7.36. The minimum atomic E-state index is 0. The van der Waals surface area contributed by atoms with Crippen LogP contribution in [-0.4, -0.2) is 42.0 Å². The second-order valence-electron chi connectivity index (χ2n) is 6.07. The SMILES string of the molecule is CCNC(=NCc1c(C)nn(-c2ccccc2)c1C)NCCCOCC.I. The molecule has 0 unspecified atom stereocenters. The van der Waals surface area contributed by atoms with Crippen LogP contribution in [0.2, 0.25) is 0 Å². The number of aliphatic imine (C=N–C) groups is 1. The Morgan fingerprint density at radius 3 is 2.56 bits per heavy atom. The maximum Gasteiger partial charge on any atom is 0.191 e. The van der Waals surface area contributed by atoms with E-state index in [1.807, 2.05) is 36.7 Å². The van der Waals surface area contributed by atoms with Crippen LogP contribution in [0.15, 0.2) is 35.3 Å². The number of rotatable bonds is 9. The van der Waals surface area contributed by atoms with E-state index in [-0.39, 0.29) is 24.0 Å². The summed E-state index contributed by atoms with van der Waals surface area (Å²) in [6.07, 6.45) is 0.961. The molecule has 2 rings (SSSR count). The van der Waals surface area contributed by atoms with Gasteiger partial charge in [0.2, 0.25) is 0 Å². The van der Waals surface area contributed by atoms with Gasteiger partial charge in [-0.3, -0.25) is 0 Å². The van der Waals surface area contributed by atoms with Crippen LogP contribution in [0.5, 0.6) is 0 Å². The molecule has 150 valence electrons. The smallest absolute Gasteiger partial charge is 0.191 e. The molecule has 1 aromatic carbocycles. The zero-order chi connectivity index (χ0) is 18.8. The Labute approximate surface area is 179 Å². The Hall–Kier alpha value is -1.61. The van der Waals surface area contributed by atoms with Gasteiger partial charge in [-0.25, -0.2) is 9.67 Å². The van der Waals surface area contributed by atoms with Crippen molar-refractivity contribution in [3.8, 4) is 5.69 Å². The summed E-state index contributed by atoms with van der Waals surface area (Å²) >= 11 is 0. The number of guanidine groups is 1. The van der Waals surface area contributed by atoms with Crippen molar-refractivity contribution in [3.05, 3.63) is 47.3 Å². The van der Waals surface area contributed by atoms with Crippen molar-refractivity contribution >= 4 is 29.9 Å². The molecule has 0 fully saturated rings. The molecule has 0 atom stereocenters. The lowest BCUT2D eigenvalue weighted by atomic mass is 10.2. The van der Waals surface area contributed by atoms with Crippen LogP contribution in [-0.2, 0) is 11.3 Å². The van der Waals surface area contributed by atoms with E-state index < -0.39 is 0 Å². The number of nitrogens with one attached hydrogen (secondary N) is 2. The average Bonchev–Trinajstić information content (AvgIpc) is 2.94. The third kappa shape index (κ3) is 7.14. The van der Waals surface area contributed by atoms with Crippen LogP contribution >= 0.6 is 24.0 Å². The molecule has 0 saturated carbocycles. The first-order chi connectivity index (χ1) is 12.7. The van der Waals surface area contributed by atoms with Gasteiger partial charge < -0.3 is 15.4 Å². The normalized spacial score (nSPS) is 11.2. The van der Waals surface area contributed by atoms with Gasteiger partial charge in [0.25, 0.3) is 0 Å². The number of hydrogen-bond donors (Lipinski definition) is 2. The fraction of sp³-hybridized carbons (Fsp3) is 0.500. The van der Waals surface area contributed by atoms with E-state index in [9.17, 15) is 0 Å². The molecule has 2 N–H and O–H groups in total. The molecule has 0 spiro atoms. The Morgan fingerprint density at radius 1 is 1.15 bits per heavy atom. The predicted octanol–water partition coefficient (Wildman–Crippen LogP) is 3.59. The van der Waals surface area contributed by atoms with Gasteiger partial charge in [-0.15, -0.1) is 24.0 Å². The third-order valence-corrected chi connectivity index (χ3v) is 4.14. The molecule has 0 saturated heterocycles. The predicted molar refractivity (Wildman–Crippen MR) is 122 cm³/mol. The van der Waals surface area contributed by atoms with Gasteiger partial charge >= 0.3 is 0 Å². The van der Waals surface area contributed by atoms with Crippen LogP contribution in [0.1, 0.15) is 37.2 Å². The minimum absolute atomic E-state index is 0. The summed E-state index contributed by atoms with van der Waals surface area (Å²) in [6.45, 7) is 12.0. The van der Waals surface area contributed by atoms with Crippen molar-refractivity contribution in [3.63, 3.8) is 0 Å². The second kappa shape index (κ2) is 12.7. The van der Waals surface area contributed by atoms with E-state index in [0.717, 1.165) is 55.8 Å². The van der Waals surface area contributed by atoms with E-state index in [2.05, 4.69) is 36.6 Å². The number of aromatic nitrogens is 2. The van der Waals surface area contributed by atoms with E-state index in [4.69, 9.17) is 14.8 Å². The highest BCUT2D eigenvalue weighted by molar-refractivity contribution is 14.0. The summed E-state index contributed by atoms with van der Waals surface area (Å²) in [6, 6.07) is 10.2. The van der Waals surface area contributed by atoms with Gasteiger partial charge in [0.1, 0.15) is 0 Å². The topological polar surface area (TPSA) is 63.5 Å². The maximum atomic E-state index is 5.37. The van der Waals surface area contributed by atoms with Crippen LogP contribution in [0.3, 0.4) is 0 Å². The zero-order valence-electron chi connectivity index (χ0n) is 16.8. The number of halogens is 1. The molecule has 0 aliphatic heterocycles. The lowest BCUT2D eigenvalue weighted by Crippen LogP contribution is -2.38. The molecular formula is C20H32IN5O. The lowest BCUT2D eigenvalue weighted by molar-refractivity contribution is 0.145. The largest absolute Gasteiger partial charge is 0.382 e. The third-order valence-electron chi connectivity index (χ3n) is 4.14. The Kier molecular flexibility index (Phi) is 11.0. The summed E-state index contributed by atoms with van der Waals surface area (Å²) in [5.74, 6) is 0.829. The highest BCUT2D eigenvalue weighted by Gasteiger charge is 2.12. The molecule has 1 aromatic heterocycles. The van der Waals surface area contributed by atoms with Gasteiger partial charge in [-0.1, -0.05) is 18.2 Å². The first kappa shape index (κ1) is 23.4. The van der Waals surface area contributed by atoms with Crippen molar-refractivity contribution in [2.45, 2.75) is 40.7 Å². The molecule has 1 heterocycles. The summed E-state index contributed by atoms with van der Waals surface area (Å²) in [5.41, 5.74) is 4.39. The van der Waals surface area contributed by atoms with Crippen LogP contribution in [0.4, 0.5) is 0 Å². The van der Waals surface area contributed by atoms with Gasteiger partial charge in [0.15, 0.2) is 5.96 Å². The second-order valence-corrected chi connectivity index (χ2v) is 6.07. The van der Waals surface area contributed by atoms with Crippen LogP contribution in [0, 0.1) is 13.8 Å². The number of nitrogens with zero attached hydrogens (tertiary/aromatic N) is 3. The minimum Gasteiger partial charge on any atom is -0.382 e. The van der Waals surface area contributed by atoms with E-state index in [0.29, 0.717) is 6.54 Å². The van der Waals surface area contributed by atoms with Crippen LogP contribution < -0.4 is 10.6 Å². The number of hydrogen-bond acceptors (Lipinski definition) is 3. The number of ether oxygens (including phenoxy) is 1. The first-order valence-corrected chi connectivity index (χ1v) is 9.37. The Bertz CT molecular complexity index is 700. The highest BCUT2D eigenvalue weighted by Crippen LogP contribution is 2.18. The number of aryl methyl sites for hydroxylation is 1. The van der Waals surface area contributed by atoms with Gasteiger partial charge in [0.05, 0.1) is 17.9 Å². The molecule has 0 aliphatic carbocycles. The molecule has 7 heteroatoms. The molecule has 2 aromatic rings. The Balaban J connectivity index is 0.00000364. The molecule has 0 amide bonds. The molecule has 0 aliphatic rings. The molecule has 0 radical (unpaired) electrons. The first-order valence-electron chi connectivity index (χ1n) is 9.37. The molecule has 0 bridgehead atoms.